The molecule has 2 N–H and O–H groups in total. The third-order valence-corrected chi connectivity index (χ3v) is 6.22. The van der Waals surface area contributed by atoms with Crippen LogP contribution in [-0.4, -0.2) is 26.4 Å². The first-order valence-electron chi connectivity index (χ1n) is 8.37. The van der Waals surface area contributed by atoms with Crippen molar-refractivity contribution >= 4 is 32.4 Å². The van der Waals surface area contributed by atoms with E-state index in [1.807, 2.05) is 37.3 Å². The van der Waals surface area contributed by atoms with Gasteiger partial charge in [0.2, 0.25) is 0 Å². The molecule has 3 aromatic rings. The molecule has 9 heteroatoms. The van der Waals surface area contributed by atoms with Gasteiger partial charge in [-0.3, -0.25) is 9.52 Å². The van der Waals surface area contributed by atoms with E-state index in [0.29, 0.717) is 5.75 Å². The molecule has 28 heavy (non-hydrogen) atoms. The Morgan fingerprint density at radius 1 is 1.11 bits per heavy atom. The van der Waals surface area contributed by atoms with Gasteiger partial charge in [-0.2, -0.15) is 0 Å². The lowest BCUT2D eigenvalue weighted by atomic mass is 10.1. The van der Waals surface area contributed by atoms with Gasteiger partial charge in [-0.05, 0) is 36.8 Å². The predicted octanol–water partition coefficient (Wildman–Crippen LogP) is 3.44. The molecule has 0 unspecified atom stereocenters. The number of amides is 1. The van der Waals surface area contributed by atoms with E-state index in [4.69, 9.17) is 4.74 Å². The molecule has 0 radical (unpaired) electrons. The first kappa shape index (κ1) is 19.8. The van der Waals surface area contributed by atoms with E-state index >= 15 is 0 Å². The maximum atomic E-state index is 12.5. The highest BCUT2D eigenvalue weighted by molar-refractivity contribution is 7.93. The van der Waals surface area contributed by atoms with Crippen LogP contribution in [0.3, 0.4) is 0 Å². The summed E-state index contributed by atoms with van der Waals surface area (Å²) in [6.07, 6.45) is 0. The molecule has 0 bridgehead atoms. The minimum atomic E-state index is -3.81. The Morgan fingerprint density at radius 2 is 1.79 bits per heavy atom. The van der Waals surface area contributed by atoms with Gasteiger partial charge in [0.1, 0.15) is 11.4 Å². The van der Waals surface area contributed by atoms with Crippen molar-refractivity contribution < 1.29 is 17.9 Å². The fourth-order valence-electron chi connectivity index (χ4n) is 2.45. The van der Waals surface area contributed by atoms with Crippen LogP contribution in [0.2, 0.25) is 0 Å². The van der Waals surface area contributed by atoms with Crippen molar-refractivity contribution in [2.24, 2.45) is 0 Å². The molecule has 0 fully saturated rings. The number of ether oxygens (including phenoxy) is 1. The summed E-state index contributed by atoms with van der Waals surface area (Å²) in [4.78, 5) is 16.6. The minimum Gasteiger partial charge on any atom is -0.497 e. The number of anilines is 1. The minimum absolute atomic E-state index is 0.0761. The largest absolute Gasteiger partial charge is 0.497 e. The van der Waals surface area contributed by atoms with Crippen LogP contribution in [0.15, 0.2) is 64.9 Å². The molecular weight excluding hydrogens is 398 g/mol. The number of nitrogens with one attached hydrogen (secondary N) is 2. The highest BCUT2D eigenvalue weighted by atomic mass is 32.2. The predicted molar refractivity (Wildman–Crippen MR) is 108 cm³/mol. The van der Waals surface area contributed by atoms with Gasteiger partial charge in [0.05, 0.1) is 18.0 Å². The van der Waals surface area contributed by atoms with Crippen LogP contribution in [0.5, 0.6) is 5.75 Å². The number of nitrogens with zero attached hydrogens (tertiary/aromatic N) is 1. The van der Waals surface area contributed by atoms with E-state index in [2.05, 4.69) is 15.0 Å². The molecular formula is C19H19N3O4S2. The quantitative estimate of drug-likeness (QED) is 0.614. The van der Waals surface area contributed by atoms with Gasteiger partial charge in [0.25, 0.3) is 15.9 Å². The first-order chi connectivity index (χ1) is 13.4. The lowest BCUT2D eigenvalue weighted by Gasteiger charge is -2.13. The van der Waals surface area contributed by atoms with Crippen LogP contribution in [-0.2, 0) is 10.0 Å². The Balaban J connectivity index is 1.68. The lowest BCUT2D eigenvalue weighted by molar-refractivity contribution is 0.0935. The summed E-state index contributed by atoms with van der Waals surface area (Å²) in [5.41, 5.74) is 1.12. The molecule has 0 saturated heterocycles. The van der Waals surface area contributed by atoms with Crippen molar-refractivity contribution in [3.63, 3.8) is 0 Å². The summed E-state index contributed by atoms with van der Waals surface area (Å²) in [6.45, 7) is 1.87. The van der Waals surface area contributed by atoms with Crippen LogP contribution in [0.25, 0.3) is 0 Å². The summed E-state index contributed by atoms with van der Waals surface area (Å²) in [7, 11) is -2.30. The van der Waals surface area contributed by atoms with Crippen molar-refractivity contribution in [1.82, 2.24) is 10.3 Å². The van der Waals surface area contributed by atoms with Crippen LogP contribution >= 0.6 is 11.3 Å². The normalized spacial score (nSPS) is 12.2. The molecule has 146 valence electrons. The molecule has 0 spiro atoms. The molecule has 0 aliphatic rings. The molecule has 1 aromatic heterocycles. The highest BCUT2D eigenvalue weighted by Crippen LogP contribution is 2.22. The zero-order valence-corrected chi connectivity index (χ0v) is 16.9. The van der Waals surface area contributed by atoms with Crippen molar-refractivity contribution in [1.29, 1.82) is 0 Å². The zero-order valence-electron chi connectivity index (χ0n) is 15.2. The average Bonchev–Trinajstić information content (AvgIpc) is 3.16. The number of rotatable bonds is 7. The van der Waals surface area contributed by atoms with Gasteiger partial charge in [0, 0.05) is 5.38 Å². The van der Waals surface area contributed by atoms with Crippen LogP contribution in [0, 0.1) is 0 Å². The molecule has 0 saturated carbocycles. The van der Waals surface area contributed by atoms with E-state index in [0.717, 1.165) is 16.9 Å². The van der Waals surface area contributed by atoms with Gasteiger partial charge in [-0.15, -0.1) is 11.3 Å². The molecule has 0 aliphatic carbocycles. The standard InChI is InChI=1S/C19H19N3O4S2/c1-13(14-6-4-3-5-7-14)20-18(23)17-12-27-19(21-17)22-28(24,25)16-10-8-15(26-2)9-11-16/h3-13H,1-2H3,(H,20,23)(H,21,22)/t13-/m1/s1. The third kappa shape index (κ3) is 4.68. The van der Waals surface area contributed by atoms with Crippen molar-refractivity contribution in [3.8, 4) is 5.75 Å². The first-order valence-corrected chi connectivity index (χ1v) is 10.7. The van der Waals surface area contributed by atoms with E-state index in [1.54, 1.807) is 12.1 Å². The Labute approximate surface area is 167 Å². The Morgan fingerprint density at radius 3 is 2.43 bits per heavy atom. The number of methoxy groups -OCH3 is 1. The summed E-state index contributed by atoms with van der Waals surface area (Å²) >= 11 is 1.04. The number of carbonyl (C=O) groups excluding carboxylic acids is 1. The molecule has 1 amide bonds. The van der Waals surface area contributed by atoms with Gasteiger partial charge in [0.15, 0.2) is 5.13 Å². The smallest absolute Gasteiger partial charge is 0.271 e. The zero-order chi connectivity index (χ0) is 20.1. The number of sulfonamides is 1. The summed E-state index contributed by atoms with van der Waals surface area (Å²) in [6, 6.07) is 15.3. The number of hydrogen-bond acceptors (Lipinski definition) is 6. The topological polar surface area (TPSA) is 97.4 Å². The fraction of sp³-hybridized carbons (Fsp3) is 0.158. The molecule has 2 aromatic carbocycles. The fourth-order valence-corrected chi connectivity index (χ4v) is 4.39. The number of hydrogen-bond donors (Lipinski definition) is 2. The summed E-state index contributed by atoms with van der Waals surface area (Å²) in [5.74, 6) is 0.183. The van der Waals surface area contributed by atoms with E-state index in [1.165, 1.54) is 24.6 Å². The third-order valence-electron chi connectivity index (χ3n) is 3.98. The van der Waals surface area contributed by atoms with Gasteiger partial charge >= 0.3 is 0 Å². The maximum absolute atomic E-state index is 12.5. The molecule has 1 atom stereocenters. The molecule has 1 heterocycles. The second-order valence-electron chi connectivity index (χ2n) is 5.92. The van der Waals surface area contributed by atoms with Crippen molar-refractivity contribution in [3.05, 3.63) is 71.2 Å². The average molecular weight is 418 g/mol. The summed E-state index contributed by atoms with van der Waals surface area (Å²) in [5, 5.41) is 4.48. The van der Waals surface area contributed by atoms with Crippen molar-refractivity contribution in [2.45, 2.75) is 17.9 Å². The van der Waals surface area contributed by atoms with Gasteiger partial charge < -0.3 is 10.1 Å². The SMILES string of the molecule is COc1ccc(S(=O)(=O)Nc2nc(C(=O)N[C@H](C)c3ccccc3)cs2)cc1. The Kier molecular flexibility index (Phi) is 5.96. The number of aromatic nitrogens is 1. The van der Waals surface area contributed by atoms with Gasteiger partial charge in [-0.1, -0.05) is 30.3 Å². The maximum Gasteiger partial charge on any atom is 0.271 e. The number of thiazole rings is 1. The van der Waals surface area contributed by atoms with Crippen LogP contribution < -0.4 is 14.8 Å². The van der Waals surface area contributed by atoms with Crippen molar-refractivity contribution in [2.75, 3.05) is 11.8 Å². The Bertz CT molecular complexity index is 1050. The molecule has 3 rings (SSSR count). The lowest BCUT2D eigenvalue weighted by Crippen LogP contribution is -2.27. The number of benzene rings is 2. The van der Waals surface area contributed by atoms with E-state index in [9.17, 15) is 13.2 Å². The Hall–Kier alpha value is -2.91. The monoisotopic (exact) mass is 417 g/mol. The summed E-state index contributed by atoms with van der Waals surface area (Å²) < 4.78 is 32.3. The second-order valence-corrected chi connectivity index (χ2v) is 8.47. The van der Waals surface area contributed by atoms with E-state index in [-0.39, 0.29) is 27.7 Å². The molecule has 0 aliphatic heterocycles. The highest BCUT2D eigenvalue weighted by Gasteiger charge is 2.19. The van der Waals surface area contributed by atoms with Gasteiger partial charge in [-0.25, -0.2) is 13.4 Å². The van der Waals surface area contributed by atoms with Crippen LogP contribution in [0.4, 0.5) is 5.13 Å². The van der Waals surface area contributed by atoms with E-state index < -0.39 is 10.0 Å². The number of carbonyl (C=O) groups is 1. The van der Waals surface area contributed by atoms with Crippen LogP contribution in [0.1, 0.15) is 29.0 Å². The molecule has 7 nitrogen and oxygen atoms in total. The second kappa shape index (κ2) is 8.41.